The first-order valence-corrected chi connectivity index (χ1v) is 9.73. The molecule has 6 atom stereocenters. The number of phenols is 1. The molecule has 2 N–H and O–H groups in total. The van der Waals surface area contributed by atoms with Gasteiger partial charge in [0.05, 0.1) is 19.3 Å². The number of aromatic hydroxyl groups is 1. The van der Waals surface area contributed by atoms with E-state index in [1.807, 2.05) is 12.1 Å². The van der Waals surface area contributed by atoms with Crippen LogP contribution in [0.4, 0.5) is 0 Å². The maximum Gasteiger partial charge on any atom is 0.174 e. The van der Waals surface area contributed by atoms with Crippen molar-refractivity contribution < 1.29 is 19.7 Å². The van der Waals surface area contributed by atoms with Crippen LogP contribution in [-0.4, -0.2) is 35.3 Å². The molecule has 4 aliphatic rings. The van der Waals surface area contributed by atoms with Crippen LogP contribution in [0.5, 0.6) is 5.75 Å². The van der Waals surface area contributed by atoms with Crippen LogP contribution in [0.15, 0.2) is 18.2 Å². The predicted molar refractivity (Wildman–Crippen MR) is 93.3 cm³/mol. The molecule has 136 valence electrons. The predicted octanol–water partition coefficient (Wildman–Crippen LogP) is 3.21. The van der Waals surface area contributed by atoms with Gasteiger partial charge in [0.25, 0.3) is 0 Å². The molecule has 1 spiro atoms. The normalized spacial score (nSPS) is 44.4. The van der Waals surface area contributed by atoms with Crippen LogP contribution in [0.25, 0.3) is 0 Å². The van der Waals surface area contributed by atoms with E-state index in [1.165, 1.54) is 11.1 Å². The third kappa shape index (κ3) is 1.99. The lowest BCUT2D eigenvalue weighted by Gasteiger charge is -2.56. The number of hydrogen-bond donors (Lipinski definition) is 2. The Hall–Kier alpha value is -1.10. The van der Waals surface area contributed by atoms with E-state index in [9.17, 15) is 10.2 Å². The average Bonchev–Trinajstić information content (AvgIpc) is 3.14. The number of rotatable bonds is 0. The first-order chi connectivity index (χ1) is 12.0. The second-order valence-corrected chi connectivity index (χ2v) is 8.95. The van der Waals surface area contributed by atoms with Crippen molar-refractivity contribution in [1.29, 1.82) is 0 Å². The average molecular weight is 344 g/mol. The molecule has 5 rings (SSSR count). The third-order valence-electron chi connectivity index (χ3n) is 7.84. The van der Waals surface area contributed by atoms with E-state index >= 15 is 0 Å². The molecule has 4 heteroatoms. The van der Waals surface area contributed by atoms with Crippen LogP contribution in [0, 0.1) is 23.2 Å². The van der Waals surface area contributed by atoms with Crippen molar-refractivity contribution in [2.45, 2.75) is 57.3 Å². The van der Waals surface area contributed by atoms with Gasteiger partial charge in [0.2, 0.25) is 0 Å². The van der Waals surface area contributed by atoms with Crippen LogP contribution in [0.3, 0.4) is 0 Å². The van der Waals surface area contributed by atoms with Crippen LogP contribution in [0.1, 0.15) is 50.2 Å². The summed E-state index contributed by atoms with van der Waals surface area (Å²) in [5.41, 5.74) is 2.33. The summed E-state index contributed by atoms with van der Waals surface area (Å²) in [6.07, 6.45) is 3.37. The van der Waals surface area contributed by atoms with Crippen LogP contribution in [-0.2, 0) is 15.9 Å². The van der Waals surface area contributed by atoms with Gasteiger partial charge < -0.3 is 19.7 Å². The SMILES string of the molecule is C[C@@H]1Cc2cc(O)ccc2C2C(O)CC3(C)C(CCC34OCCO4)C21. The van der Waals surface area contributed by atoms with Crippen molar-refractivity contribution in [3.63, 3.8) is 0 Å². The lowest BCUT2D eigenvalue weighted by molar-refractivity contribution is -0.248. The molecule has 0 bridgehead atoms. The molecule has 1 heterocycles. The minimum absolute atomic E-state index is 0.118. The lowest BCUT2D eigenvalue weighted by Crippen LogP contribution is -2.56. The fourth-order valence-corrected chi connectivity index (χ4v) is 6.90. The Kier molecular flexibility index (Phi) is 3.36. The van der Waals surface area contributed by atoms with Crippen molar-refractivity contribution >= 4 is 0 Å². The minimum Gasteiger partial charge on any atom is -0.508 e. The van der Waals surface area contributed by atoms with Crippen molar-refractivity contribution in [3.8, 4) is 5.75 Å². The third-order valence-corrected chi connectivity index (χ3v) is 7.84. The monoisotopic (exact) mass is 344 g/mol. The highest BCUT2D eigenvalue weighted by Crippen LogP contribution is 2.67. The highest BCUT2D eigenvalue weighted by atomic mass is 16.7. The topological polar surface area (TPSA) is 58.9 Å². The zero-order valence-corrected chi connectivity index (χ0v) is 15.1. The van der Waals surface area contributed by atoms with Crippen LogP contribution < -0.4 is 0 Å². The molecule has 1 aliphatic heterocycles. The van der Waals surface area contributed by atoms with Crippen LogP contribution in [0.2, 0.25) is 0 Å². The molecular formula is C21H28O4. The van der Waals surface area contributed by atoms with Gasteiger partial charge in [-0.2, -0.15) is 0 Å². The lowest BCUT2D eigenvalue weighted by atomic mass is 9.51. The molecule has 3 aliphatic carbocycles. The van der Waals surface area contributed by atoms with Gasteiger partial charge in [-0.25, -0.2) is 0 Å². The fourth-order valence-electron chi connectivity index (χ4n) is 6.90. The second kappa shape index (κ2) is 5.21. The van der Waals surface area contributed by atoms with E-state index < -0.39 is 5.79 Å². The summed E-state index contributed by atoms with van der Waals surface area (Å²) < 4.78 is 12.3. The van der Waals surface area contributed by atoms with Gasteiger partial charge in [-0.15, -0.1) is 0 Å². The van der Waals surface area contributed by atoms with Gasteiger partial charge in [0.15, 0.2) is 5.79 Å². The quantitative estimate of drug-likeness (QED) is 0.759. The van der Waals surface area contributed by atoms with Gasteiger partial charge in [0, 0.05) is 17.8 Å². The maximum atomic E-state index is 11.2. The van der Waals surface area contributed by atoms with E-state index in [0.717, 1.165) is 25.7 Å². The van der Waals surface area contributed by atoms with E-state index in [-0.39, 0.29) is 17.4 Å². The molecule has 0 amide bonds. The molecule has 5 unspecified atom stereocenters. The molecule has 4 nitrogen and oxygen atoms in total. The first-order valence-electron chi connectivity index (χ1n) is 9.73. The first kappa shape index (κ1) is 16.1. The molecule has 25 heavy (non-hydrogen) atoms. The summed E-state index contributed by atoms with van der Waals surface area (Å²) in [5, 5.41) is 21.1. The smallest absolute Gasteiger partial charge is 0.174 e. The Morgan fingerprint density at radius 3 is 2.72 bits per heavy atom. The van der Waals surface area contributed by atoms with Gasteiger partial charge in [-0.3, -0.25) is 0 Å². The summed E-state index contributed by atoms with van der Waals surface area (Å²) >= 11 is 0. The van der Waals surface area contributed by atoms with Crippen molar-refractivity contribution in [1.82, 2.24) is 0 Å². The van der Waals surface area contributed by atoms with Crippen molar-refractivity contribution in [3.05, 3.63) is 29.3 Å². The van der Waals surface area contributed by atoms with Gasteiger partial charge in [0.1, 0.15) is 5.75 Å². The molecule has 1 saturated heterocycles. The molecule has 3 fully saturated rings. The van der Waals surface area contributed by atoms with Crippen molar-refractivity contribution in [2.24, 2.45) is 23.2 Å². The maximum absolute atomic E-state index is 11.2. The van der Waals surface area contributed by atoms with E-state index in [2.05, 4.69) is 13.8 Å². The van der Waals surface area contributed by atoms with E-state index in [4.69, 9.17) is 9.47 Å². The summed E-state index contributed by atoms with van der Waals surface area (Å²) in [5.74, 6) is 1.43. The fraction of sp³-hybridized carbons (Fsp3) is 0.714. The number of ether oxygens (including phenoxy) is 2. The number of benzene rings is 1. The van der Waals surface area contributed by atoms with Gasteiger partial charge >= 0.3 is 0 Å². The second-order valence-electron chi connectivity index (χ2n) is 8.95. The highest BCUT2D eigenvalue weighted by molar-refractivity contribution is 5.41. The zero-order chi connectivity index (χ0) is 17.4. The Bertz CT molecular complexity index is 695. The summed E-state index contributed by atoms with van der Waals surface area (Å²) in [4.78, 5) is 0. The molecular weight excluding hydrogens is 316 g/mol. The van der Waals surface area contributed by atoms with Gasteiger partial charge in [-0.1, -0.05) is 19.9 Å². The number of aliphatic hydroxyl groups excluding tert-OH is 1. The number of hydrogen-bond acceptors (Lipinski definition) is 4. The van der Waals surface area contributed by atoms with Gasteiger partial charge in [-0.05, 0) is 60.3 Å². The standard InChI is InChI=1S/C21H28O4/c1-12-9-13-10-14(22)3-4-15(13)19-17(23)11-20(2)16(18(12)19)5-6-21(20)24-7-8-25-21/h3-4,10,12,16-19,22-23H,5-9,11H2,1-2H3/t12-,16?,17?,18?,19?,20?/m1/s1. The zero-order valence-electron chi connectivity index (χ0n) is 15.1. The molecule has 0 aromatic heterocycles. The Morgan fingerprint density at radius 1 is 1.20 bits per heavy atom. The Balaban J connectivity index is 1.59. The number of aliphatic hydroxyl groups is 1. The largest absolute Gasteiger partial charge is 0.508 e. The molecule has 2 saturated carbocycles. The molecule has 1 aromatic rings. The van der Waals surface area contributed by atoms with E-state index in [0.29, 0.717) is 36.7 Å². The van der Waals surface area contributed by atoms with Crippen molar-refractivity contribution in [2.75, 3.05) is 13.2 Å². The van der Waals surface area contributed by atoms with Crippen LogP contribution >= 0.6 is 0 Å². The Labute approximate surface area is 149 Å². The highest BCUT2D eigenvalue weighted by Gasteiger charge is 2.67. The summed E-state index contributed by atoms with van der Waals surface area (Å²) in [7, 11) is 0. The Morgan fingerprint density at radius 2 is 1.96 bits per heavy atom. The molecule has 1 aromatic carbocycles. The summed E-state index contributed by atoms with van der Waals surface area (Å²) in [6, 6.07) is 5.70. The number of phenolic OH excluding ortho intramolecular Hbond substituents is 1. The van der Waals surface area contributed by atoms with E-state index in [1.54, 1.807) is 6.07 Å². The molecule has 0 radical (unpaired) electrons. The summed E-state index contributed by atoms with van der Waals surface area (Å²) in [6.45, 7) is 5.94. The minimum atomic E-state index is -0.488. The number of fused-ring (bicyclic) bond motifs is 6.